The maximum atomic E-state index is 2.48. The number of para-hydroxylation sites is 2. The predicted octanol–water partition coefficient (Wildman–Crippen LogP) is 17.9. The number of nitrogens with zero attached hydrogens (tertiary/aromatic N) is 2. The lowest BCUT2D eigenvalue weighted by molar-refractivity contribution is 1.18. The molecule has 3 heteroatoms. The molecular weight excluding hydrogens is 805 g/mol. The van der Waals surface area contributed by atoms with E-state index in [0.29, 0.717) is 0 Å². The summed E-state index contributed by atoms with van der Waals surface area (Å²) in [6.45, 7) is 0. The maximum absolute atomic E-state index is 2.48. The molecule has 2 nitrogen and oxygen atoms in total. The van der Waals surface area contributed by atoms with Crippen molar-refractivity contribution in [1.82, 2.24) is 4.57 Å². The summed E-state index contributed by atoms with van der Waals surface area (Å²) in [7, 11) is 0. The van der Waals surface area contributed by atoms with Gasteiger partial charge in [0.15, 0.2) is 0 Å². The highest BCUT2D eigenvalue weighted by Gasteiger charge is 2.21. The van der Waals surface area contributed by atoms with E-state index in [9.17, 15) is 0 Å². The molecule has 0 aliphatic carbocycles. The first-order valence-electron chi connectivity index (χ1n) is 22.2. The van der Waals surface area contributed by atoms with Crippen molar-refractivity contribution in [2.24, 2.45) is 0 Å². The Balaban J connectivity index is 0.975. The van der Waals surface area contributed by atoms with E-state index in [1.54, 1.807) is 0 Å². The predicted molar refractivity (Wildman–Crippen MR) is 280 cm³/mol. The number of thiophene rings is 1. The molecule has 0 fully saturated rings. The van der Waals surface area contributed by atoms with Crippen molar-refractivity contribution >= 4 is 91.9 Å². The average molecular weight is 845 g/mol. The molecule has 2 heterocycles. The minimum Gasteiger partial charge on any atom is -0.310 e. The van der Waals surface area contributed by atoms with Crippen LogP contribution in [0, 0.1) is 0 Å². The zero-order chi connectivity index (χ0) is 42.8. The van der Waals surface area contributed by atoms with Gasteiger partial charge >= 0.3 is 0 Å². The van der Waals surface area contributed by atoms with Crippen LogP contribution < -0.4 is 4.90 Å². The summed E-state index contributed by atoms with van der Waals surface area (Å²) in [5.74, 6) is 0. The van der Waals surface area contributed by atoms with E-state index in [0.717, 1.165) is 28.3 Å². The minimum absolute atomic E-state index is 1.10. The molecule has 0 spiro atoms. The Morgan fingerprint density at radius 2 is 0.923 bits per heavy atom. The number of aromatic nitrogens is 1. The van der Waals surface area contributed by atoms with Crippen LogP contribution in [0.1, 0.15) is 0 Å². The molecule has 0 N–H and O–H groups in total. The summed E-state index contributed by atoms with van der Waals surface area (Å²) in [6, 6.07) is 89.0. The monoisotopic (exact) mass is 844 g/mol. The molecule has 0 saturated carbocycles. The molecule has 0 saturated heterocycles. The fourth-order valence-electron chi connectivity index (χ4n) is 10.2. The first-order valence-corrected chi connectivity index (χ1v) is 23.1. The molecule has 11 aromatic carbocycles. The molecule has 2 aromatic heterocycles. The van der Waals surface area contributed by atoms with E-state index in [-0.39, 0.29) is 0 Å². The Morgan fingerprint density at radius 3 is 1.78 bits per heavy atom. The van der Waals surface area contributed by atoms with Gasteiger partial charge in [-0.05, 0) is 122 Å². The van der Waals surface area contributed by atoms with Crippen molar-refractivity contribution in [2.45, 2.75) is 0 Å². The first kappa shape index (κ1) is 37.3. The van der Waals surface area contributed by atoms with Crippen LogP contribution in [0.15, 0.2) is 243 Å². The van der Waals surface area contributed by atoms with Crippen LogP contribution in [0.5, 0.6) is 0 Å². The van der Waals surface area contributed by atoms with E-state index in [1.807, 2.05) is 11.3 Å². The van der Waals surface area contributed by atoms with E-state index >= 15 is 0 Å². The number of benzene rings is 11. The number of fused-ring (bicyclic) bond motifs is 10. The third-order valence-corrected chi connectivity index (χ3v) is 14.3. The summed E-state index contributed by atoms with van der Waals surface area (Å²) in [4.78, 5) is 2.40. The van der Waals surface area contributed by atoms with E-state index in [2.05, 4.69) is 252 Å². The SMILES string of the molecule is c1ccc(-c2ccc(N(c3cccc(-c4cccc(-c5cccc6c7c8c(ccc9ccccc98)ccc7n(-c7ccccc7)c56)c4)c3)c3ccc4sc5ccccc5c4c3)cc2)cc1. The van der Waals surface area contributed by atoms with Crippen molar-refractivity contribution in [2.75, 3.05) is 4.90 Å². The third-order valence-electron chi connectivity index (χ3n) is 13.1. The first-order chi connectivity index (χ1) is 32.2. The number of rotatable bonds is 7. The molecule has 0 radical (unpaired) electrons. The standard InChI is InChI=1S/C62H40N2S/c1-3-14-41(15-4-1)42-30-33-49(34-31-42)63(51-35-37-59-56(40-51)54-24-9-10-27-58(54)65-59)50-22-12-18-46(39-50)45-17-11-19-47(38-45)53-25-13-26-55-61-57(64(62(53)55)48-20-5-2-6-21-48)36-32-44-29-28-43-16-7-8-23-52(43)60(44)61/h1-40H. The number of hydrogen-bond acceptors (Lipinski definition) is 2. The van der Waals surface area contributed by atoms with E-state index in [1.165, 1.54) is 91.3 Å². The highest BCUT2D eigenvalue weighted by Crippen LogP contribution is 2.45. The van der Waals surface area contributed by atoms with Crippen molar-refractivity contribution in [3.05, 3.63) is 243 Å². The molecule has 0 aliphatic rings. The summed E-state index contributed by atoms with van der Waals surface area (Å²) in [5.41, 5.74) is 14.0. The van der Waals surface area contributed by atoms with Crippen LogP contribution in [-0.2, 0) is 0 Å². The van der Waals surface area contributed by atoms with Crippen LogP contribution in [0.4, 0.5) is 17.1 Å². The zero-order valence-electron chi connectivity index (χ0n) is 35.4. The Bertz CT molecular complexity index is 3940. The van der Waals surface area contributed by atoms with Crippen LogP contribution in [-0.4, -0.2) is 4.57 Å². The normalized spacial score (nSPS) is 11.7. The molecule has 0 unspecified atom stereocenters. The van der Waals surface area contributed by atoms with Gasteiger partial charge in [-0.2, -0.15) is 0 Å². The number of anilines is 3. The topological polar surface area (TPSA) is 8.17 Å². The van der Waals surface area contributed by atoms with Gasteiger partial charge in [-0.15, -0.1) is 11.3 Å². The lowest BCUT2D eigenvalue weighted by atomic mass is 9.95. The maximum Gasteiger partial charge on any atom is 0.0619 e. The third kappa shape index (κ3) is 6.24. The zero-order valence-corrected chi connectivity index (χ0v) is 36.2. The summed E-state index contributed by atoms with van der Waals surface area (Å²) in [6.07, 6.45) is 0. The Kier molecular flexibility index (Phi) is 8.75. The fourth-order valence-corrected chi connectivity index (χ4v) is 11.2. The Morgan fingerprint density at radius 1 is 0.323 bits per heavy atom. The van der Waals surface area contributed by atoms with E-state index < -0.39 is 0 Å². The number of hydrogen-bond donors (Lipinski definition) is 0. The molecule has 0 aliphatic heterocycles. The van der Waals surface area contributed by atoms with Crippen LogP contribution in [0.25, 0.3) is 103 Å². The smallest absolute Gasteiger partial charge is 0.0619 e. The molecule has 13 rings (SSSR count). The van der Waals surface area contributed by atoms with Crippen molar-refractivity contribution in [1.29, 1.82) is 0 Å². The minimum atomic E-state index is 1.10. The summed E-state index contributed by atoms with van der Waals surface area (Å²) >= 11 is 1.85. The summed E-state index contributed by atoms with van der Waals surface area (Å²) in [5, 5.41) is 10.2. The van der Waals surface area contributed by atoms with Crippen molar-refractivity contribution in [3.63, 3.8) is 0 Å². The molecule has 0 bridgehead atoms. The highest BCUT2D eigenvalue weighted by atomic mass is 32.1. The quantitative estimate of drug-likeness (QED) is 0.145. The molecular formula is C62H40N2S. The Hall–Kier alpha value is -8.24. The van der Waals surface area contributed by atoms with Gasteiger partial charge in [0, 0.05) is 59.3 Å². The highest BCUT2D eigenvalue weighted by molar-refractivity contribution is 7.25. The van der Waals surface area contributed by atoms with Crippen molar-refractivity contribution in [3.8, 4) is 39.1 Å². The molecule has 304 valence electrons. The second-order valence-electron chi connectivity index (χ2n) is 16.9. The van der Waals surface area contributed by atoms with Crippen LogP contribution >= 0.6 is 11.3 Å². The van der Waals surface area contributed by atoms with Gasteiger partial charge in [0.25, 0.3) is 0 Å². The second kappa shape index (κ2) is 15.2. The van der Waals surface area contributed by atoms with Gasteiger partial charge in [0.2, 0.25) is 0 Å². The van der Waals surface area contributed by atoms with Crippen molar-refractivity contribution < 1.29 is 0 Å². The van der Waals surface area contributed by atoms with E-state index in [4.69, 9.17) is 0 Å². The molecule has 13 aromatic rings. The molecule has 65 heavy (non-hydrogen) atoms. The molecule has 0 atom stereocenters. The second-order valence-corrected chi connectivity index (χ2v) is 18.0. The van der Waals surface area contributed by atoms with Gasteiger partial charge in [-0.3, -0.25) is 0 Å². The Labute approximate surface area is 381 Å². The van der Waals surface area contributed by atoms with Gasteiger partial charge in [-0.25, -0.2) is 0 Å². The average Bonchev–Trinajstić information content (AvgIpc) is 3.93. The fraction of sp³-hybridized carbons (Fsp3) is 0. The molecule has 0 amide bonds. The van der Waals surface area contributed by atoms with Gasteiger partial charge < -0.3 is 9.47 Å². The largest absolute Gasteiger partial charge is 0.310 e. The lowest BCUT2D eigenvalue weighted by Crippen LogP contribution is -2.10. The van der Waals surface area contributed by atoms with Gasteiger partial charge in [0.1, 0.15) is 0 Å². The van der Waals surface area contributed by atoms with Gasteiger partial charge in [-0.1, -0.05) is 170 Å². The van der Waals surface area contributed by atoms with Gasteiger partial charge in [0.05, 0.1) is 11.0 Å². The summed E-state index contributed by atoms with van der Waals surface area (Å²) < 4.78 is 5.08. The lowest BCUT2D eigenvalue weighted by Gasteiger charge is -2.26. The van der Waals surface area contributed by atoms with Crippen LogP contribution in [0.2, 0.25) is 0 Å². The van der Waals surface area contributed by atoms with Crippen LogP contribution in [0.3, 0.4) is 0 Å².